The van der Waals surface area contributed by atoms with Gasteiger partial charge in [0.05, 0.1) is 24.2 Å². The fourth-order valence-electron chi connectivity index (χ4n) is 2.25. The van der Waals surface area contributed by atoms with Gasteiger partial charge in [-0.2, -0.15) is 0 Å². The van der Waals surface area contributed by atoms with E-state index < -0.39 is 0 Å². The zero-order valence-corrected chi connectivity index (χ0v) is 14.5. The van der Waals surface area contributed by atoms with Crippen molar-refractivity contribution in [2.75, 3.05) is 32.8 Å². The van der Waals surface area contributed by atoms with Crippen molar-refractivity contribution in [1.29, 1.82) is 0 Å². The average Bonchev–Trinajstić information content (AvgIpc) is 2.69. The van der Waals surface area contributed by atoms with Crippen LogP contribution in [0.25, 0.3) is 0 Å². The Bertz CT molecular complexity index is 395. The first-order valence-electron chi connectivity index (χ1n) is 6.46. The number of nitrogens with one attached hydrogen (secondary N) is 1. The average molecular weight is 396 g/mol. The highest BCUT2D eigenvalue weighted by Gasteiger charge is 2.27. The van der Waals surface area contributed by atoms with Crippen LogP contribution in [-0.4, -0.2) is 43.3 Å². The molecule has 0 spiro atoms. The van der Waals surface area contributed by atoms with Crippen LogP contribution in [0, 0.1) is 0 Å². The normalized spacial score (nSPS) is 17.9. The maximum absolute atomic E-state index is 5.55. The summed E-state index contributed by atoms with van der Waals surface area (Å²) in [5.41, 5.74) is 0.130. The van der Waals surface area contributed by atoms with Crippen molar-refractivity contribution in [2.45, 2.75) is 25.9 Å². The molecule has 1 aromatic rings. The molecule has 0 unspecified atom stereocenters. The minimum atomic E-state index is 0.130. The summed E-state index contributed by atoms with van der Waals surface area (Å²) in [4.78, 5) is 2.47. The number of hydrogen-bond acceptors (Lipinski definition) is 4. The maximum Gasteiger partial charge on any atom is 0.183 e. The van der Waals surface area contributed by atoms with E-state index in [0.717, 1.165) is 54.3 Å². The summed E-state index contributed by atoms with van der Waals surface area (Å²) in [6.45, 7) is 9.86. The molecule has 0 aromatic carbocycles. The van der Waals surface area contributed by atoms with E-state index in [4.69, 9.17) is 9.15 Å². The third-order valence-electron chi connectivity index (χ3n) is 3.42. The molecule has 0 radical (unpaired) electrons. The second-order valence-electron chi connectivity index (χ2n) is 5.35. The van der Waals surface area contributed by atoms with Crippen LogP contribution in [0.3, 0.4) is 0 Å². The third-order valence-corrected chi connectivity index (χ3v) is 5.13. The first kappa shape index (κ1) is 15.5. The van der Waals surface area contributed by atoms with E-state index in [9.17, 15) is 0 Å². The Morgan fingerprint density at radius 1 is 1.32 bits per heavy atom. The van der Waals surface area contributed by atoms with Gasteiger partial charge in [0.1, 0.15) is 5.76 Å². The van der Waals surface area contributed by atoms with Gasteiger partial charge in [0.2, 0.25) is 0 Å². The predicted molar refractivity (Wildman–Crippen MR) is 82.3 cm³/mol. The number of hydrogen-bond donors (Lipinski definition) is 1. The first-order valence-corrected chi connectivity index (χ1v) is 8.05. The first-order chi connectivity index (χ1) is 8.99. The molecule has 1 fully saturated rings. The van der Waals surface area contributed by atoms with Crippen LogP contribution >= 0.6 is 31.9 Å². The van der Waals surface area contributed by atoms with E-state index in [1.165, 1.54) is 0 Å². The summed E-state index contributed by atoms with van der Waals surface area (Å²) < 4.78 is 12.6. The number of furan rings is 1. The summed E-state index contributed by atoms with van der Waals surface area (Å²) in [5, 5.41) is 3.46. The van der Waals surface area contributed by atoms with Crippen LogP contribution in [-0.2, 0) is 11.3 Å². The summed E-state index contributed by atoms with van der Waals surface area (Å²) in [5.74, 6) is 0.927. The van der Waals surface area contributed by atoms with Gasteiger partial charge in [-0.1, -0.05) is 0 Å². The van der Waals surface area contributed by atoms with E-state index in [2.05, 4.69) is 55.9 Å². The lowest BCUT2D eigenvalue weighted by Gasteiger charge is -2.41. The molecule has 0 amide bonds. The third kappa shape index (κ3) is 4.29. The summed E-state index contributed by atoms with van der Waals surface area (Å²) in [6, 6.07) is 1.98. The van der Waals surface area contributed by atoms with Gasteiger partial charge in [-0.15, -0.1) is 0 Å². The summed E-state index contributed by atoms with van der Waals surface area (Å²) in [7, 11) is 0. The van der Waals surface area contributed by atoms with Crippen molar-refractivity contribution in [1.82, 2.24) is 10.2 Å². The van der Waals surface area contributed by atoms with Crippen LogP contribution in [0.4, 0.5) is 0 Å². The number of nitrogens with zero attached hydrogens (tertiary/aromatic N) is 1. The smallest absolute Gasteiger partial charge is 0.183 e. The van der Waals surface area contributed by atoms with E-state index in [0.29, 0.717) is 0 Å². The molecular weight excluding hydrogens is 376 g/mol. The van der Waals surface area contributed by atoms with Gasteiger partial charge in [-0.3, -0.25) is 4.90 Å². The highest BCUT2D eigenvalue weighted by Crippen LogP contribution is 2.26. The maximum atomic E-state index is 5.55. The Kier molecular flexibility index (Phi) is 5.48. The van der Waals surface area contributed by atoms with Crippen LogP contribution in [0.2, 0.25) is 0 Å². The molecule has 0 aliphatic carbocycles. The van der Waals surface area contributed by atoms with Gasteiger partial charge in [-0.25, -0.2) is 0 Å². The molecule has 1 N–H and O–H groups in total. The topological polar surface area (TPSA) is 37.6 Å². The van der Waals surface area contributed by atoms with Crippen LogP contribution in [0.1, 0.15) is 19.6 Å². The molecule has 4 nitrogen and oxygen atoms in total. The molecule has 2 heterocycles. The molecule has 0 saturated carbocycles. The second kappa shape index (κ2) is 6.72. The largest absolute Gasteiger partial charge is 0.452 e. The van der Waals surface area contributed by atoms with Gasteiger partial charge in [0, 0.05) is 25.2 Å². The van der Waals surface area contributed by atoms with Crippen LogP contribution in [0.15, 0.2) is 19.6 Å². The molecule has 1 aliphatic rings. The summed E-state index contributed by atoms with van der Waals surface area (Å²) in [6.07, 6.45) is 0. The number of ether oxygens (including phenoxy) is 1. The standard InChI is InChI=1S/C13H20Br2N2O2/c1-13(2,17-3-5-18-6-4-17)9-16-8-10-7-11(14)12(15)19-10/h7,16H,3-6,8-9H2,1-2H3. The van der Waals surface area contributed by atoms with Crippen molar-refractivity contribution in [3.05, 3.63) is 21.0 Å². The van der Waals surface area contributed by atoms with Crippen molar-refractivity contribution in [3.63, 3.8) is 0 Å². The van der Waals surface area contributed by atoms with Gasteiger partial charge >= 0.3 is 0 Å². The van der Waals surface area contributed by atoms with Crippen molar-refractivity contribution >= 4 is 31.9 Å². The Labute approximate surface area is 131 Å². The Morgan fingerprint density at radius 3 is 2.58 bits per heavy atom. The zero-order chi connectivity index (χ0) is 13.9. The van der Waals surface area contributed by atoms with E-state index in [1.807, 2.05) is 6.07 Å². The zero-order valence-electron chi connectivity index (χ0n) is 11.3. The Morgan fingerprint density at radius 2 is 2.00 bits per heavy atom. The van der Waals surface area contributed by atoms with Crippen molar-refractivity contribution in [2.24, 2.45) is 0 Å². The Hall–Kier alpha value is 0.120. The van der Waals surface area contributed by atoms with Crippen LogP contribution in [0.5, 0.6) is 0 Å². The minimum absolute atomic E-state index is 0.130. The monoisotopic (exact) mass is 394 g/mol. The molecule has 19 heavy (non-hydrogen) atoms. The minimum Gasteiger partial charge on any atom is -0.452 e. The van der Waals surface area contributed by atoms with E-state index in [1.54, 1.807) is 0 Å². The highest BCUT2D eigenvalue weighted by molar-refractivity contribution is 9.13. The molecule has 1 saturated heterocycles. The van der Waals surface area contributed by atoms with Gasteiger partial charge in [0.25, 0.3) is 0 Å². The van der Waals surface area contributed by atoms with Crippen molar-refractivity contribution < 1.29 is 9.15 Å². The lowest BCUT2D eigenvalue weighted by Crippen LogP contribution is -2.54. The molecule has 0 bridgehead atoms. The quantitative estimate of drug-likeness (QED) is 0.831. The lowest BCUT2D eigenvalue weighted by atomic mass is 10.0. The van der Waals surface area contributed by atoms with Gasteiger partial charge < -0.3 is 14.5 Å². The predicted octanol–water partition coefficient (Wildman–Crippen LogP) is 3.01. The van der Waals surface area contributed by atoms with Gasteiger partial charge in [0.15, 0.2) is 4.67 Å². The Balaban J connectivity index is 1.80. The molecule has 2 rings (SSSR count). The van der Waals surface area contributed by atoms with Gasteiger partial charge in [-0.05, 0) is 51.8 Å². The fourth-order valence-corrected chi connectivity index (χ4v) is 2.91. The van der Waals surface area contributed by atoms with Crippen LogP contribution < -0.4 is 5.32 Å². The van der Waals surface area contributed by atoms with Crippen molar-refractivity contribution in [3.8, 4) is 0 Å². The molecule has 1 aliphatic heterocycles. The lowest BCUT2D eigenvalue weighted by molar-refractivity contribution is -0.00977. The summed E-state index contributed by atoms with van der Waals surface area (Å²) >= 11 is 6.77. The molecule has 6 heteroatoms. The number of rotatable bonds is 5. The van der Waals surface area contributed by atoms with E-state index >= 15 is 0 Å². The highest BCUT2D eigenvalue weighted by atomic mass is 79.9. The number of halogens is 2. The fraction of sp³-hybridized carbons (Fsp3) is 0.692. The molecule has 108 valence electrons. The second-order valence-corrected chi connectivity index (χ2v) is 6.92. The molecular formula is C13H20Br2N2O2. The van der Waals surface area contributed by atoms with E-state index in [-0.39, 0.29) is 5.54 Å². The molecule has 1 aromatic heterocycles. The molecule has 0 atom stereocenters. The number of morpholine rings is 1. The SMILES string of the molecule is CC(C)(CNCc1cc(Br)c(Br)o1)N1CCOCC1.